The summed E-state index contributed by atoms with van der Waals surface area (Å²) in [5, 5.41) is 1.30. The summed E-state index contributed by atoms with van der Waals surface area (Å²) in [5.74, 6) is -0.298. The van der Waals surface area contributed by atoms with Crippen molar-refractivity contribution < 1.29 is 19.2 Å². The topological polar surface area (TPSA) is 16.3 Å². The standard InChI is InChI=1S/C98H93BN4/c1-94(2,3)66-44-50-85-79(52-66)73-40-28-30-42-83(73)100(85)71-46-48-81-87(60-71)102(92-75(62-32-20-16-21-33-62)54-68(96(7,8)9)55-76(92)63-34-22-17-23-35-63)89-58-70(98(13,14)15)59-90-91(89)99(81)82-49-47-72(101-84-43-31-29-41-74(84)80-53-67(95(4,5)6)45-51-86(80)101)61-88(82)103(90)93-77(64-36-24-18-25-37-64)56-69(97(10,11)12)57-78(93)65-38-26-19-27-39-65/h16-38,40-61,65H,39H2,1-15H3/i28D,29D,30D,31D,40D,41D,42D,43D,46D,47D,48D,49D,60D,61D. The maximum absolute atomic E-state index is 11.9. The average molecular weight is 1350 g/mol. The van der Waals surface area contributed by atoms with Gasteiger partial charge in [-0.05, 0) is 191 Å². The van der Waals surface area contributed by atoms with Crippen molar-refractivity contribution >= 4 is 101 Å². The second kappa shape index (κ2) is 24.0. The lowest BCUT2D eigenvalue weighted by atomic mass is 9.33. The summed E-state index contributed by atoms with van der Waals surface area (Å²) < 4.78 is 149. The minimum Gasteiger partial charge on any atom is -0.310 e. The molecule has 1 atom stereocenters. The van der Waals surface area contributed by atoms with E-state index in [1.807, 2.05) is 97.1 Å². The van der Waals surface area contributed by atoms with E-state index >= 15 is 0 Å². The van der Waals surface area contributed by atoms with Gasteiger partial charge in [-0.2, -0.15) is 0 Å². The van der Waals surface area contributed by atoms with Crippen LogP contribution in [0.25, 0.3) is 88.4 Å². The molecule has 0 saturated heterocycles. The highest BCUT2D eigenvalue weighted by atomic mass is 15.2. The number of hydrogen-bond donors (Lipinski definition) is 0. The summed E-state index contributed by atoms with van der Waals surface area (Å²) in [7, 11) is 0. The van der Waals surface area contributed by atoms with Crippen molar-refractivity contribution in [1.82, 2.24) is 9.13 Å². The molecule has 0 bridgehead atoms. The van der Waals surface area contributed by atoms with E-state index < -0.39 is 82.1 Å². The van der Waals surface area contributed by atoms with Crippen molar-refractivity contribution in [2.75, 3.05) is 9.80 Å². The monoisotopic (exact) mass is 1350 g/mol. The predicted octanol–water partition coefficient (Wildman–Crippen LogP) is 25.1. The molecular weight excluding hydrogens is 1240 g/mol. The van der Waals surface area contributed by atoms with Crippen LogP contribution in [-0.4, -0.2) is 15.8 Å². The molecule has 0 amide bonds. The molecule has 4 heterocycles. The molecule has 17 rings (SSSR count). The van der Waals surface area contributed by atoms with Crippen LogP contribution in [0, 0.1) is 0 Å². The third-order valence-corrected chi connectivity index (χ3v) is 21.5. The Balaban J connectivity index is 1.15. The first-order valence-corrected chi connectivity index (χ1v) is 36.2. The molecule has 4 nitrogen and oxygen atoms in total. The van der Waals surface area contributed by atoms with Crippen LogP contribution in [0.5, 0.6) is 0 Å². The molecular formula is C98H93BN4. The van der Waals surface area contributed by atoms with Gasteiger partial charge in [0.25, 0.3) is 6.71 Å². The highest BCUT2D eigenvalue weighted by Crippen LogP contribution is 2.56. The Labute approximate surface area is 630 Å². The summed E-state index contributed by atoms with van der Waals surface area (Å²) >= 11 is 0. The maximum atomic E-state index is 11.9. The Hall–Kier alpha value is -10.6. The zero-order valence-corrected chi connectivity index (χ0v) is 61.5. The van der Waals surface area contributed by atoms with Crippen LogP contribution >= 0.6 is 0 Å². The van der Waals surface area contributed by atoms with E-state index in [1.54, 1.807) is 9.13 Å². The molecule has 12 aromatic carbocycles. The Morgan fingerprint density at radius 1 is 0.359 bits per heavy atom. The van der Waals surface area contributed by atoms with Crippen LogP contribution in [0.1, 0.15) is 169 Å². The summed E-state index contributed by atoms with van der Waals surface area (Å²) in [4.78, 5) is 4.25. The van der Waals surface area contributed by atoms with Crippen LogP contribution in [0.15, 0.2) is 273 Å². The van der Waals surface area contributed by atoms with Crippen molar-refractivity contribution in [3.8, 4) is 44.8 Å². The minimum absolute atomic E-state index is 0.0145. The molecule has 0 radical (unpaired) electrons. The third kappa shape index (κ3) is 11.0. The van der Waals surface area contributed by atoms with Crippen LogP contribution in [0.3, 0.4) is 0 Å². The largest absolute Gasteiger partial charge is 0.310 e. The molecule has 0 spiro atoms. The summed E-state index contributed by atoms with van der Waals surface area (Å²) in [6.07, 6.45) is 9.06. The molecule has 1 unspecified atom stereocenters. The Morgan fingerprint density at radius 2 is 0.757 bits per heavy atom. The maximum Gasteiger partial charge on any atom is 0.252 e. The van der Waals surface area contributed by atoms with Crippen molar-refractivity contribution in [3.63, 3.8) is 0 Å². The van der Waals surface area contributed by atoms with Gasteiger partial charge in [0.1, 0.15) is 0 Å². The number of anilines is 6. The molecule has 508 valence electrons. The van der Waals surface area contributed by atoms with Gasteiger partial charge in [0.05, 0.1) is 52.6 Å². The van der Waals surface area contributed by atoms with Crippen LogP contribution < -0.4 is 26.2 Å². The SMILES string of the molecule is [2H]c1c([2H])c(-n2c3ccc(C(C)(C)C)cc3c3c([2H])c([2H])c([2H])c([2H])c32)c([2H])c2c1B1c3c(cc(C(C)(C)C)cc3N(c3c(-c4ccccc4)cc(C(C)(C)C)cc3C3C=CC=CC3)c3c([2H])c(-n4c5ccc(C(C)(C)C)cc5c5c([2H])c([2H])c([2H])c([2H])c54)c([2H])c([2H])c31)N2c1c(-c2ccccc2)cc(C(C)(C)C)cc1-c1ccccc1. The highest BCUT2D eigenvalue weighted by molar-refractivity contribution is 7.00. The smallest absolute Gasteiger partial charge is 0.252 e. The second-order valence-corrected chi connectivity index (χ2v) is 33.5. The van der Waals surface area contributed by atoms with Gasteiger partial charge in [-0.25, -0.2) is 0 Å². The molecule has 1 aliphatic carbocycles. The average Bonchev–Trinajstić information content (AvgIpc) is 1.21. The molecule has 103 heavy (non-hydrogen) atoms. The first-order chi connectivity index (χ1) is 55.1. The van der Waals surface area contributed by atoms with E-state index in [1.165, 1.54) is 0 Å². The number of para-hydroxylation sites is 2. The molecule has 0 saturated carbocycles. The number of fused-ring (bicyclic) bond motifs is 10. The fourth-order valence-electron chi connectivity index (χ4n) is 15.7. The zero-order chi connectivity index (χ0) is 83.6. The van der Waals surface area contributed by atoms with Crippen molar-refractivity contribution in [1.29, 1.82) is 0 Å². The number of allylic oxidation sites excluding steroid dienone is 4. The van der Waals surface area contributed by atoms with Gasteiger partial charge in [0, 0.05) is 78.3 Å². The van der Waals surface area contributed by atoms with E-state index in [-0.39, 0.29) is 97.7 Å². The number of rotatable bonds is 8. The van der Waals surface area contributed by atoms with Gasteiger partial charge in [0.2, 0.25) is 0 Å². The van der Waals surface area contributed by atoms with Crippen LogP contribution in [0.2, 0.25) is 0 Å². The molecule has 0 fully saturated rings. The minimum atomic E-state index is -1.37. The molecule has 5 heteroatoms. The van der Waals surface area contributed by atoms with Gasteiger partial charge >= 0.3 is 0 Å². The zero-order valence-electron chi connectivity index (χ0n) is 75.5. The van der Waals surface area contributed by atoms with E-state index in [2.05, 4.69) is 205 Å². The summed E-state index contributed by atoms with van der Waals surface area (Å²) in [5.41, 5.74) is 11.7. The van der Waals surface area contributed by atoms with Gasteiger partial charge < -0.3 is 18.9 Å². The van der Waals surface area contributed by atoms with E-state index in [4.69, 9.17) is 0 Å². The number of benzene rings is 12. The normalized spacial score (nSPS) is 16.6. The first kappa shape index (κ1) is 51.5. The van der Waals surface area contributed by atoms with Crippen LogP contribution in [0.4, 0.5) is 34.1 Å². The predicted molar refractivity (Wildman–Crippen MR) is 445 cm³/mol. The van der Waals surface area contributed by atoms with E-state index in [0.29, 0.717) is 56.4 Å². The van der Waals surface area contributed by atoms with Crippen molar-refractivity contribution in [2.45, 2.75) is 143 Å². The van der Waals surface area contributed by atoms with E-state index in [9.17, 15) is 19.2 Å². The van der Waals surface area contributed by atoms with Crippen LogP contribution in [-0.2, 0) is 27.1 Å². The lowest BCUT2D eigenvalue weighted by molar-refractivity contribution is 0.588. The number of hydrogen-bond acceptors (Lipinski definition) is 2. The fraction of sp³-hybridized carbons (Fsp3) is 0.224. The Bertz CT molecular complexity index is 6620. The van der Waals surface area contributed by atoms with Gasteiger partial charge in [-0.1, -0.05) is 286 Å². The molecule has 2 aliphatic heterocycles. The van der Waals surface area contributed by atoms with Gasteiger partial charge in [-0.3, -0.25) is 0 Å². The quantitative estimate of drug-likeness (QED) is 0.141. The van der Waals surface area contributed by atoms with Crippen molar-refractivity contribution in [2.24, 2.45) is 0 Å². The molecule has 3 aliphatic rings. The van der Waals surface area contributed by atoms with Gasteiger partial charge in [0.15, 0.2) is 0 Å². The number of nitrogens with zero attached hydrogens (tertiary/aromatic N) is 4. The molecule has 2 aromatic heterocycles. The molecule has 14 aromatic rings. The molecule has 0 N–H and O–H groups in total. The van der Waals surface area contributed by atoms with Gasteiger partial charge in [-0.15, -0.1) is 0 Å². The fourth-order valence-corrected chi connectivity index (χ4v) is 15.7. The Kier molecular flexibility index (Phi) is 12.0. The second-order valence-electron chi connectivity index (χ2n) is 33.5. The lowest BCUT2D eigenvalue weighted by Crippen LogP contribution is -2.61. The van der Waals surface area contributed by atoms with Crippen molar-refractivity contribution in [3.05, 3.63) is 306 Å². The summed E-state index contributed by atoms with van der Waals surface area (Å²) in [6, 6.07) is 49.6. The number of aromatic nitrogens is 2. The highest BCUT2D eigenvalue weighted by Gasteiger charge is 2.47. The summed E-state index contributed by atoms with van der Waals surface area (Å²) in [6.45, 7) is 30.6. The Morgan fingerprint density at radius 3 is 1.17 bits per heavy atom. The first-order valence-electron chi connectivity index (χ1n) is 43.2. The lowest BCUT2D eigenvalue weighted by Gasteiger charge is -2.47. The van der Waals surface area contributed by atoms with E-state index in [0.717, 1.165) is 66.8 Å². The third-order valence-electron chi connectivity index (χ3n) is 21.5.